The van der Waals surface area contributed by atoms with Gasteiger partial charge in [0.15, 0.2) is 0 Å². The van der Waals surface area contributed by atoms with E-state index in [9.17, 15) is 9.59 Å². The Balaban J connectivity index is 1.80. The topological polar surface area (TPSA) is 49.9 Å². The Morgan fingerprint density at radius 2 is 1.62 bits per heavy atom. The van der Waals surface area contributed by atoms with E-state index in [1.165, 1.54) is 4.90 Å². The molecule has 29 heavy (non-hydrogen) atoms. The molecule has 150 valence electrons. The number of nitrogens with zero attached hydrogens (tertiary/aromatic N) is 2. The van der Waals surface area contributed by atoms with Gasteiger partial charge in [-0.1, -0.05) is 29.8 Å². The third-order valence-corrected chi connectivity index (χ3v) is 5.53. The van der Waals surface area contributed by atoms with E-state index >= 15 is 0 Å². The lowest BCUT2D eigenvalue weighted by Crippen LogP contribution is -2.35. The minimum atomic E-state index is -0.256. The van der Waals surface area contributed by atoms with E-state index in [4.69, 9.17) is 4.74 Å². The van der Waals surface area contributed by atoms with Crippen LogP contribution in [0.25, 0.3) is 5.57 Å². The number of benzene rings is 2. The Morgan fingerprint density at radius 3 is 2.24 bits per heavy atom. The monoisotopic (exact) mass is 390 g/mol. The van der Waals surface area contributed by atoms with Gasteiger partial charge in [-0.2, -0.15) is 0 Å². The van der Waals surface area contributed by atoms with Crippen LogP contribution in [0.15, 0.2) is 48.2 Å². The Bertz CT molecular complexity index is 986. The molecule has 2 aliphatic heterocycles. The molecule has 1 saturated heterocycles. The highest BCUT2D eigenvalue weighted by atomic mass is 16.5. The number of carbonyl (C=O) groups excluding carboxylic acids is 2. The molecule has 2 aromatic rings. The van der Waals surface area contributed by atoms with Crippen LogP contribution in [0.3, 0.4) is 0 Å². The van der Waals surface area contributed by atoms with Crippen molar-refractivity contribution in [3.05, 3.63) is 64.9 Å². The molecule has 1 fully saturated rings. The summed E-state index contributed by atoms with van der Waals surface area (Å²) in [6, 6.07) is 13.2. The second-order valence-corrected chi connectivity index (χ2v) is 7.61. The van der Waals surface area contributed by atoms with Crippen molar-refractivity contribution in [3.63, 3.8) is 0 Å². The second-order valence-electron chi connectivity index (χ2n) is 7.61. The Morgan fingerprint density at radius 1 is 0.931 bits per heavy atom. The molecule has 2 amide bonds. The molecule has 5 nitrogen and oxygen atoms in total. The quantitative estimate of drug-likeness (QED) is 0.722. The average Bonchev–Trinajstić information content (AvgIpc) is 3.30. The van der Waals surface area contributed by atoms with Crippen molar-refractivity contribution in [2.45, 2.75) is 33.6 Å². The number of imide groups is 1. The highest BCUT2D eigenvalue weighted by Crippen LogP contribution is 2.37. The maximum atomic E-state index is 13.5. The summed E-state index contributed by atoms with van der Waals surface area (Å²) in [4.78, 5) is 30.4. The van der Waals surface area contributed by atoms with Gasteiger partial charge in [-0.05, 0) is 62.9 Å². The van der Waals surface area contributed by atoms with Crippen LogP contribution in [0.5, 0.6) is 5.75 Å². The fraction of sp³-hybridized carbons (Fsp3) is 0.333. The van der Waals surface area contributed by atoms with Gasteiger partial charge in [0.1, 0.15) is 11.4 Å². The van der Waals surface area contributed by atoms with Crippen molar-refractivity contribution < 1.29 is 14.3 Å². The molecule has 0 spiro atoms. The van der Waals surface area contributed by atoms with E-state index in [-0.39, 0.29) is 11.8 Å². The zero-order valence-electron chi connectivity index (χ0n) is 17.2. The number of carbonyl (C=O) groups is 2. The number of likely N-dealkylation sites (tertiary alicyclic amines) is 1. The van der Waals surface area contributed by atoms with Gasteiger partial charge in [-0.25, -0.2) is 4.90 Å². The van der Waals surface area contributed by atoms with Crippen LogP contribution >= 0.6 is 0 Å². The largest absolute Gasteiger partial charge is 0.494 e. The minimum Gasteiger partial charge on any atom is -0.494 e. The van der Waals surface area contributed by atoms with Gasteiger partial charge < -0.3 is 9.64 Å². The van der Waals surface area contributed by atoms with E-state index in [1.807, 2.05) is 63.2 Å². The summed E-state index contributed by atoms with van der Waals surface area (Å²) >= 11 is 0. The Hall–Kier alpha value is -3.08. The van der Waals surface area contributed by atoms with Crippen LogP contribution in [-0.2, 0) is 9.59 Å². The number of rotatable bonds is 5. The van der Waals surface area contributed by atoms with E-state index in [1.54, 1.807) is 0 Å². The SMILES string of the molecule is CCOc1ccc(C2=C(N3CCCC3)C(=O)N(c3ccc(C)cc3C)C2=O)cc1. The van der Waals surface area contributed by atoms with E-state index < -0.39 is 0 Å². The molecule has 0 aliphatic carbocycles. The number of anilines is 1. The van der Waals surface area contributed by atoms with Crippen molar-refractivity contribution in [2.24, 2.45) is 0 Å². The maximum Gasteiger partial charge on any atom is 0.282 e. The third-order valence-electron chi connectivity index (χ3n) is 5.53. The van der Waals surface area contributed by atoms with Gasteiger partial charge in [-0.3, -0.25) is 9.59 Å². The molecule has 2 aliphatic rings. The lowest BCUT2D eigenvalue weighted by Gasteiger charge is -2.21. The first kappa shape index (κ1) is 19.2. The van der Waals surface area contributed by atoms with Crippen molar-refractivity contribution >= 4 is 23.1 Å². The maximum absolute atomic E-state index is 13.5. The number of hydrogen-bond donors (Lipinski definition) is 0. The molecule has 0 N–H and O–H groups in total. The van der Waals surface area contributed by atoms with Crippen molar-refractivity contribution in [1.82, 2.24) is 4.90 Å². The summed E-state index contributed by atoms with van der Waals surface area (Å²) in [6.45, 7) is 8.06. The van der Waals surface area contributed by atoms with Crippen LogP contribution in [0.4, 0.5) is 5.69 Å². The van der Waals surface area contributed by atoms with Crippen LogP contribution in [0, 0.1) is 13.8 Å². The molecule has 2 aromatic carbocycles. The van der Waals surface area contributed by atoms with Crippen molar-refractivity contribution in [2.75, 3.05) is 24.6 Å². The van der Waals surface area contributed by atoms with Gasteiger partial charge in [0.25, 0.3) is 11.8 Å². The van der Waals surface area contributed by atoms with Crippen LogP contribution in [-0.4, -0.2) is 36.4 Å². The summed E-state index contributed by atoms with van der Waals surface area (Å²) in [5.41, 5.74) is 4.44. The molecular weight excluding hydrogens is 364 g/mol. The van der Waals surface area contributed by atoms with Crippen LogP contribution < -0.4 is 9.64 Å². The first-order chi connectivity index (χ1) is 14.0. The van der Waals surface area contributed by atoms with Gasteiger partial charge >= 0.3 is 0 Å². The third kappa shape index (κ3) is 3.41. The normalized spacial score (nSPS) is 16.9. The van der Waals surface area contributed by atoms with Crippen molar-refractivity contribution in [3.8, 4) is 5.75 Å². The van der Waals surface area contributed by atoms with E-state index in [0.717, 1.165) is 48.4 Å². The molecule has 0 bridgehead atoms. The summed E-state index contributed by atoms with van der Waals surface area (Å²) in [6.07, 6.45) is 2.07. The number of aryl methyl sites for hydroxylation is 2. The number of amides is 2. The van der Waals surface area contributed by atoms with Gasteiger partial charge in [0.2, 0.25) is 0 Å². The van der Waals surface area contributed by atoms with E-state index in [0.29, 0.717) is 23.6 Å². The highest BCUT2D eigenvalue weighted by molar-refractivity contribution is 6.45. The predicted molar refractivity (Wildman–Crippen MR) is 114 cm³/mol. The van der Waals surface area contributed by atoms with Crippen LogP contribution in [0.2, 0.25) is 0 Å². The van der Waals surface area contributed by atoms with Crippen molar-refractivity contribution in [1.29, 1.82) is 0 Å². The predicted octanol–water partition coefficient (Wildman–Crippen LogP) is 4.08. The second kappa shape index (κ2) is 7.74. The fourth-order valence-electron chi connectivity index (χ4n) is 4.17. The van der Waals surface area contributed by atoms with Gasteiger partial charge in [0.05, 0.1) is 17.9 Å². The smallest absolute Gasteiger partial charge is 0.282 e. The highest BCUT2D eigenvalue weighted by Gasteiger charge is 2.43. The molecule has 5 heteroatoms. The van der Waals surface area contributed by atoms with Crippen LogP contribution in [0.1, 0.15) is 36.5 Å². The molecule has 0 aromatic heterocycles. The minimum absolute atomic E-state index is 0.229. The molecule has 0 unspecified atom stereocenters. The lowest BCUT2D eigenvalue weighted by atomic mass is 10.0. The Kier molecular flexibility index (Phi) is 5.14. The fourth-order valence-corrected chi connectivity index (χ4v) is 4.17. The molecule has 0 atom stereocenters. The van der Waals surface area contributed by atoms with E-state index in [2.05, 4.69) is 4.90 Å². The van der Waals surface area contributed by atoms with Gasteiger partial charge in [-0.15, -0.1) is 0 Å². The summed E-state index contributed by atoms with van der Waals surface area (Å²) in [7, 11) is 0. The average molecular weight is 390 g/mol. The van der Waals surface area contributed by atoms with Gasteiger partial charge in [0, 0.05) is 13.1 Å². The summed E-state index contributed by atoms with van der Waals surface area (Å²) < 4.78 is 5.53. The molecule has 4 rings (SSSR count). The first-order valence-electron chi connectivity index (χ1n) is 10.2. The lowest BCUT2D eigenvalue weighted by molar-refractivity contribution is -0.120. The summed E-state index contributed by atoms with van der Waals surface area (Å²) in [5, 5.41) is 0. The molecule has 0 saturated carbocycles. The molecular formula is C24H26N2O3. The first-order valence-corrected chi connectivity index (χ1v) is 10.2. The zero-order valence-corrected chi connectivity index (χ0v) is 17.2. The zero-order chi connectivity index (χ0) is 20.5. The number of hydrogen-bond acceptors (Lipinski definition) is 4. The molecule has 0 radical (unpaired) electrons. The standard InChI is InChI=1S/C24H26N2O3/c1-4-29-19-10-8-18(9-11-19)21-22(25-13-5-6-14-25)24(28)26(23(21)27)20-12-7-16(2)15-17(20)3/h7-12,15H,4-6,13-14H2,1-3H3. The summed E-state index contributed by atoms with van der Waals surface area (Å²) in [5.74, 6) is 0.267. The number of ether oxygens (including phenoxy) is 1. The molecule has 2 heterocycles. The Labute approximate surface area is 171 Å².